The standard InChI is InChI=1S/C17H24N4O3/c22-17(20-16-11-18-6-7-19-16)15-2-1-13-14(24-15)3-8-21(13)12-4-9-23-10-5-12/h6-7,11-15H,1-5,8-10H2,(H,19,20,22)/t13-,14-,15-/m1/s1. The normalized spacial score (nSPS) is 31.6. The fourth-order valence-corrected chi connectivity index (χ4v) is 4.19. The van der Waals surface area contributed by atoms with Gasteiger partial charge in [0.2, 0.25) is 0 Å². The van der Waals surface area contributed by atoms with Gasteiger partial charge in [-0.05, 0) is 32.1 Å². The molecule has 3 aliphatic rings. The molecule has 1 aromatic rings. The number of hydrogen-bond donors (Lipinski definition) is 1. The largest absolute Gasteiger partial charge is 0.381 e. The third-order valence-corrected chi connectivity index (χ3v) is 5.36. The van der Waals surface area contributed by atoms with E-state index in [-0.39, 0.29) is 18.1 Å². The van der Waals surface area contributed by atoms with Crippen LogP contribution >= 0.6 is 0 Å². The molecule has 0 spiro atoms. The van der Waals surface area contributed by atoms with Gasteiger partial charge in [-0.2, -0.15) is 0 Å². The van der Waals surface area contributed by atoms with Crippen LogP contribution in [0.2, 0.25) is 0 Å². The molecule has 24 heavy (non-hydrogen) atoms. The summed E-state index contributed by atoms with van der Waals surface area (Å²) in [6, 6.07) is 1.07. The van der Waals surface area contributed by atoms with Crippen molar-refractivity contribution in [3.8, 4) is 0 Å². The Morgan fingerprint density at radius 1 is 1.17 bits per heavy atom. The van der Waals surface area contributed by atoms with Crippen LogP contribution in [0.1, 0.15) is 32.1 Å². The summed E-state index contributed by atoms with van der Waals surface area (Å²) in [6.45, 7) is 2.80. The summed E-state index contributed by atoms with van der Waals surface area (Å²) in [5.74, 6) is 0.363. The predicted octanol–water partition coefficient (Wildman–Crippen LogP) is 1.22. The molecule has 7 nitrogen and oxygen atoms in total. The summed E-state index contributed by atoms with van der Waals surface area (Å²) in [5.41, 5.74) is 0. The summed E-state index contributed by atoms with van der Waals surface area (Å²) in [4.78, 5) is 23.1. The molecule has 0 aromatic carbocycles. The van der Waals surface area contributed by atoms with Crippen molar-refractivity contribution >= 4 is 11.7 Å². The first-order chi connectivity index (χ1) is 11.8. The molecule has 1 aromatic heterocycles. The first kappa shape index (κ1) is 15.9. The van der Waals surface area contributed by atoms with E-state index in [0.717, 1.165) is 51.9 Å². The number of aromatic nitrogens is 2. The molecule has 4 rings (SSSR count). The summed E-state index contributed by atoms with van der Waals surface area (Å²) in [5, 5.41) is 2.80. The molecule has 0 aliphatic carbocycles. The first-order valence-electron chi connectivity index (χ1n) is 8.87. The number of rotatable bonds is 3. The fourth-order valence-electron chi connectivity index (χ4n) is 4.19. The van der Waals surface area contributed by atoms with Crippen LogP contribution < -0.4 is 5.32 Å². The molecular weight excluding hydrogens is 308 g/mol. The molecule has 3 fully saturated rings. The van der Waals surface area contributed by atoms with E-state index in [0.29, 0.717) is 17.9 Å². The average Bonchev–Trinajstić information content (AvgIpc) is 3.06. The second-order valence-corrected chi connectivity index (χ2v) is 6.76. The van der Waals surface area contributed by atoms with Crippen LogP contribution in [-0.2, 0) is 14.3 Å². The van der Waals surface area contributed by atoms with Crippen LogP contribution in [0.3, 0.4) is 0 Å². The van der Waals surface area contributed by atoms with E-state index in [1.807, 2.05) is 0 Å². The Morgan fingerprint density at radius 3 is 2.83 bits per heavy atom. The minimum atomic E-state index is -0.386. The summed E-state index contributed by atoms with van der Waals surface area (Å²) < 4.78 is 11.6. The molecule has 130 valence electrons. The Kier molecular flexibility index (Phi) is 4.73. The van der Waals surface area contributed by atoms with Gasteiger partial charge in [-0.15, -0.1) is 0 Å². The molecule has 0 unspecified atom stereocenters. The number of fused-ring (bicyclic) bond motifs is 1. The number of carbonyl (C=O) groups is 1. The second-order valence-electron chi connectivity index (χ2n) is 6.76. The van der Waals surface area contributed by atoms with Gasteiger partial charge in [0.05, 0.1) is 12.3 Å². The van der Waals surface area contributed by atoms with Gasteiger partial charge in [-0.25, -0.2) is 4.98 Å². The zero-order chi connectivity index (χ0) is 16.4. The minimum absolute atomic E-state index is 0.113. The molecule has 7 heteroatoms. The number of carbonyl (C=O) groups excluding carboxylic acids is 1. The monoisotopic (exact) mass is 332 g/mol. The molecule has 4 heterocycles. The molecule has 3 aliphatic heterocycles. The molecule has 3 atom stereocenters. The third-order valence-electron chi connectivity index (χ3n) is 5.36. The highest BCUT2D eigenvalue weighted by Gasteiger charge is 2.44. The molecule has 0 radical (unpaired) electrons. The predicted molar refractivity (Wildman–Crippen MR) is 87.5 cm³/mol. The summed E-state index contributed by atoms with van der Waals surface area (Å²) >= 11 is 0. The lowest BCUT2D eigenvalue weighted by molar-refractivity contribution is -0.139. The van der Waals surface area contributed by atoms with Gasteiger partial charge in [-0.3, -0.25) is 14.7 Å². The number of ether oxygens (including phenoxy) is 2. The minimum Gasteiger partial charge on any atom is -0.381 e. The number of anilines is 1. The Labute approximate surface area is 141 Å². The smallest absolute Gasteiger partial charge is 0.254 e. The van der Waals surface area contributed by atoms with Crippen LogP contribution in [0, 0.1) is 0 Å². The summed E-state index contributed by atoms with van der Waals surface area (Å²) in [7, 11) is 0. The molecule has 1 N–H and O–H groups in total. The van der Waals surface area contributed by atoms with Gasteiger partial charge in [0.25, 0.3) is 5.91 Å². The van der Waals surface area contributed by atoms with Crippen molar-refractivity contribution in [2.45, 2.75) is 56.4 Å². The summed E-state index contributed by atoms with van der Waals surface area (Å²) in [6.07, 6.45) is 9.48. The van der Waals surface area contributed by atoms with Crippen molar-refractivity contribution in [2.75, 3.05) is 25.1 Å². The van der Waals surface area contributed by atoms with Crippen molar-refractivity contribution < 1.29 is 14.3 Å². The topological polar surface area (TPSA) is 76.6 Å². The zero-order valence-corrected chi connectivity index (χ0v) is 13.8. The highest BCUT2D eigenvalue weighted by atomic mass is 16.5. The quantitative estimate of drug-likeness (QED) is 0.897. The molecule has 1 amide bonds. The van der Waals surface area contributed by atoms with Crippen molar-refractivity contribution in [3.63, 3.8) is 0 Å². The number of likely N-dealkylation sites (tertiary alicyclic amines) is 1. The van der Waals surface area contributed by atoms with Gasteiger partial charge in [0.15, 0.2) is 5.82 Å². The molecule has 0 bridgehead atoms. The molecule has 3 saturated heterocycles. The maximum atomic E-state index is 12.4. The van der Waals surface area contributed by atoms with Gasteiger partial charge in [0.1, 0.15) is 6.10 Å². The van der Waals surface area contributed by atoms with E-state index in [4.69, 9.17) is 9.47 Å². The van der Waals surface area contributed by atoms with Gasteiger partial charge in [0, 0.05) is 44.2 Å². The van der Waals surface area contributed by atoms with E-state index in [9.17, 15) is 4.79 Å². The highest BCUT2D eigenvalue weighted by molar-refractivity contribution is 5.93. The zero-order valence-electron chi connectivity index (χ0n) is 13.8. The van der Waals surface area contributed by atoms with Crippen LogP contribution in [0.5, 0.6) is 0 Å². The van der Waals surface area contributed by atoms with E-state index < -0.39 is 0 Å². The van der Waals surface area contributed by atoms with Gasteiger partial charge >= 0.3 is 0 Å². The van der Waals surface area contributed by atoms with Crippen LogP contribution in [0.15, 0.2) is 18.6 Å². The number of nitrogens with zero attached hydrogens (tertiary/aromatic N) is 3. The first-order valence-corrected chi connectivity index (χ1v) is 8.87. The lowest BCUT2D eigenvalue weighted by Crippen LogP contribution is -2.50. The third kappa shape index (κ3) is 3.29. The SMILES string of the molecule is O=C(Nc1cnccn1)[C@H]1CC[C@@H]2[C@@H](CCN2C2CCOCC2)O1. The van der Waals surface area contributed by atoms with Gasteiger partial charge in [-0.1, -0.05) is 0 Å². The van der Waals surface area contributed by atoms with Gasteiger partial charge < -0.3 is 14.8 Å². The maximum Gasteiger partial charge on any atom is 0.254 e. The Bertz CT molecular complexity index is 564. The Hall–Kier alpha value is -1.57. The molecule has 0 saturated carbocycles. The average molecular weight is 332 g/mol. The van der Waals surface area contributed by atoms with Crippen LogP contribution in [0.4, 0.5) is 5.82 Å². The van der Waals surface area contributed by atoms with E-state index in [2.05, 4.69) is 20.2 Å². The van der Waals surface area contributed by atoms with Crippen LogP contribution in [0.25, 0.3) is 0 Å². The second kappa shape index (κ2) is 7.13. The Balaban J connectivity index is 1.34. The van der Waals surface area contributed by atoms with E-state index in [1.54, 1.807) is 18.6 Å². The van der Waals surface area contributed by atoms with E-state index in [1.165, 1.54) is 0 Å². The highest BCUT2D eigenvalue weighted by Crippen LogP contribution is 2.35. The number of hydrogen-bond acceptors (Lipinski definition) is 6. The molecular formula is C17H24N4O3. The lowest BCUT2D eigenvalue weighted by Gasteiger charge is -2.40. The fraction of sp³-hybridized carbons (Fsp3) is 0.706. The van der Waals surface area contributed by atoms with Crippen molar-refractivity contribution in [2.24, 2.45) is 0 Å². The van der Waals surface area contributed by atoms with Crippen molar-refractivity contribution in [1.29, 1.82) is 0 Å². The maximum absolute atomic E-state index is 12.4. The Morgan fingerprint density at radius 2 is 2.04 bits per heavy atom. The van der Waals surface area contributed by atoms with Crippen LogP contribution in [-0.4, -0.2) is 64.8 Å². The van der Waals surface area contributed by atoms with Crippen molar-refractivity contribution in [1.82, 2.24) is 14.9 Å². The van der Waals surface area contributed by atoms with E-state index >= 15 is 0 Å². The number of nitrogens with one attached hydrogen (secondary N) is 1. The lowest BCUT2D eigenvalue weighted by atomic mass is 9.96. The van der Waals surface area contributed by atoms with Crippen molar-refractivity contribution in [3.05, 3.63) is 18.6 Å². The number of amides is 1.